The third-order valence-corrected chi connectivity index (χ3v) is 2.57. The lowest BCUT2D eigenvalue weighted by atomic mass is 10.2. The molecule has 0 radical (unpaired) electrons. The number of nitrogens with zero attached hydrogens (tertiary/aromatic N) is 2. The Bertz CT molecular complexity index is 557. The van der Waals surface area contributed by atoms with Crippen molar-refractivity contribution < 1.29 is 8.78 Å². The summed E-state index contributed by atoms with van der Waals surface area (Å²) in [7, 11) is 0. The van der Waals surface area contributed by atoms with Gasteiger partial charge in [-0.2, -0.15) is 4.98 Å². The Morgan fingerprint density at radius 1 is 1.22 bits per heavy atom. The summed E-state index contributed by atoms with van der Waals surface area (Å²) >= 11 is 3.16. The highest BCUT2D eigenvalue weighted by Gasteiger charge is 2.05. The summed E-state index contributed by atoms with van der Waals surface area (Å²) in [4.78, 5) is 7.91. The maximum atomic E-state index is 13.3. The molecule has 0 amide bonds. The third kappa shape index (κ3) is 3.13. The highest BCUT2D eigenvalue weighted by Crippen LogP contribution is 2.14. The molecule has 1 heterocycles. The number of benzene rings is 1. The topological polar surface area (TPSA) is 63.8 Å². The van der Waals surface area contributed by atoms with Gasteiger partial charge in [-0.15, -0.1) is 0 Å². The van der Waals surface area contributed by atoms with Crippen molar-refractivity contribution in [2.45, 2.75) is 6.54 Å². The first kappa shape index (κ1) is 12.7. The largest absolute Gasteiger partial charge is 0.383 e. The number of nitrogens with one attached hydrogen (secondary N) is 1. The van der Waals surface area contributed by atoms with E-state index in [0.717, 1.165) is 18.2 Å². The molecule has 2 aromatic rings. The fourth-order valence-electron chi connectivity index (χ4n) is 1.37. The van der Waals surface area contributed by atoms with Crippen molar-refractivity contribution in [3.05, 3.63) is 46.1 Å². The molecule has 0 saturated carbocycles. The Hall–Kier alpha value is -1.76. The van der Waals surface area contributed by atoms with Crippen molar-refractivity contribution in [2.75, 3.05) is 11.1 Å². The molecule has 1 aromatic heterocycles. The minimum atomic E-state index is -0.497. The molecule has 0 saturated heterocycles. The van der Waals surface area contributed by atoms with Crippen molar-refractivity contribution in [1.82, 2.24) is 9.97 Å². The van der Waals surface area contributed by atoms with Crippen LogP contribution in [0.3, 0.4) is 0 Å². The average Bonchev–Trinajstić information content (AvgIpc) is 2.29. The van der Waals surface area contributed by atoms with E-state index in [2.05, 4.69) is 31.2 Å². The van der Waals surface area contributed by atoms with Crippen LogP contribution in [0.25, 0.3) is 0 Å². The van der Waals surface area contributed by atoms with Crippen molar-refractivity contribution in [2.24, 2.45) is 0 Å². The fraction of sp³-hybridized carbons (Fsp3) is 0.0909. The Kier molecular flexibility index (Phi) is 3.71. The molecule has 0 aliphatic carbocycles. The number of hydrogen-bond donors (Lipinski definition) is 2. The van der Waals surface area contributed by atoms with Gasteiger partial charge in [-0.05, 0) is 34.1 Å². The normalized spacial score (nSPS) is 10.4. The fourth-order valence-corrected chi connectivity index (χ4v) is 1.77. The van der Waals surface area contributed by atoms with Crippen LogP contribution in [-0.4, -0.2) is 9.97 Å². The van der Waals surface area contributed by atoms with Gasteiger partial charge >= 0.3 is 0 Å². The van der Waals surface area contributed by atoms with Crippen LogP contribution in [0.5, 0.6) is 0 Å². The van der Waals surface area contributed by atoms with Crippen LogP contribution in [0.15, 0.2) is 28.9 Å². The van der Waals surface area contributed by atoms with Crippen LogP contribution in [-0.2, 0) is 6.54 Å². The highest BCUT2D eigenvalue weighted by atomic mass is 79.9. The van der Waals surface area contributed by atoms with Crippen molar-refractivity contribution >= 4 is 27.7 Å². The summed E-state index contributed by atoms with van der Waals surface area (Å²) < 4.78 is 26.8. The van der Waals surface area contributed by atoms with Gasteiger partial charge in [-0.25, -0.2) is 13.8 Å². The van der Waals surface area contributed by atoms with Gasteiger partial charge in [0, 0.05) is 18.2 Å². The van der Waals surface area contributed by atoms with Crippen LogP contribution in [0, 0.1) is 11.6 Å². The van der Waals surface area contributed by atoms with E-state index >= 15 is 0 Å². The quantitative estimate of drug-likeness (QED) is 0.855. The van der Waals surface area contributed by atoms with Crippen LogP contribution >= 0.6 is 15.9 Å². The first-order valence-electron chi connectivity index (χ1n) is 5.02. The molecule has 0 bridgehead atoms. The smallest absolute Gasteiger partial charge is 0.225 e. The highest BCUT2D eigenvalue weighted by molar-refractivity contribution is 9.10. The first-order chi connectivity index (χ1) is 8.54. The van der Waals surface area contributed by atoms with E-state index in [-0.39, 0.29) is 23.9 Å². The molecule has 4 nitrogen and oxygen atoms in total. The summed E-state index contributed by atoms with van der Waals surface area (Å²) in [5.41, 5.74) is 5.72. The van der Waals surface area contributed by atoms with Gasteiger partial charge in [-0.3, -0.25) is 0 Å². The summed E-state index contributed by atoms with van der Waals surface area (Å²) in [6, 6.07) is 4.78. The van der Waals surface area contributed by atoms with Crippen LogP contribution in [0.1, 0.15) is 5.56 Å². The second kappa shape index (κ2) is 5.26. The zero-order chi connectivity index (χ0) is 13.1. The minimum absolute atomic E-state index is 0.0689. The standard InChI is InChI=1S/C11H9BrF2N4/c12-9-4-10(15)18-11(17-9)16-5-6-3-7(13)1-2-8(6)14/h1-4H,5H2,(H3,15,16,17,18). The average molecular weight is 315 g/mol. The lowest BCUT2D eigenvalue weighted by molar-refractivity contribution is 0.587. The molecule has 0 spiro atoms. The Morgan fingerprint density at radius 2 is 2.00 bits per heavy atom. The van der Waals surface area contributed by atoms with Crippen LogP contribution < -0.4 is 11.1 Å². The van der Waals surface area contributed by atoms with E-state index in [1.54, 1.807) is 0 Å². The van der Waals surface area contributed by atoms with Crippen molar-refractivity contribution in [1.29, 1.82) is 0 Å². The van der Waals surface area contributed by atoms with Crippen molar-refractivity contribution in [3.63, 3.8) is 0 Å². The molecular formula is C11H9BrF2N4. The minimum Gasteiger partial charge on any atom is -0.383 e. The predicted molar refractivity (Wildman–Crippen MR) is 67.8 cm³/mol. The summed E-state index contributed by atoms with van der Waals surface area (Å²) in [6.45, 7) is 0.0689. The van der Waals surface area contributed by atoms with E-state index in [1.165, 1.54) is 6.07 Å². The van der Waals surface area contributed by atoms with E-state index in [4.69, 9.17) is 5.73 Å². The Labute approximate surface area is 110 Å². The van der Waals surface area contributed by atoms with E-state index < -0.39 is 11.6 Å². The molecule has 0 atom stereocenters. The van der Waals surface area contributed by atoms with Crippen molar-refractivity contribution in [3.8, 4) is 0 Å². The second-order valence-electron chi connectivity index (χ2n) is 3.53. The molecule has 7 heteroatoms. The van der Waals surface area contributed by atoms with Crippen LogP contribution in [0.4, 0.5) is 20.5 Å². The molecule has 3 N–H and O–H groups in total. The van der Waals surface area contributed by atoms with Gasteiger partial charge in [0.05, 0.1) is 0 Å². The number of rotatable bonds is 3. The first-order valence-corrected chi connectivity index (χ1v) is 5.82. The SMILES string of the molecule is Nc1cc(Br)nc(NCc2cc(F)ccc2F)n1. The maximum Gasteiger partial charge on any atom is 0.225 e. The van der Waals surface area contributed by atoms with Gasteiger partial charge < -0.3 is 11.1 Å². The molecule has 0 unspecified atom stereocenters. The number of hydrogen-bond acceptors (Lipinski definition) is 4. The van der Waals surface area contributed by atoms with Crippen LogP contribution in [0.2, 0.25) is 0 Å². The van der Waals surface area contributed by atoms with Gasteiger partial charge in [-0.1, -0.05) is 0 Å². The molecule has 0 aliphatic rings. The number of nitrogens with two attached hydrogens (primary N) is 1. The van der Waals surface area contributed by atoms with E-state index in [0.29, 0.717) is 4.60 Å². The molecule has 2 rings (SSSR count). The van der Waals surface area contributed by atoms with E-state index in [1.807, 2.05) is 0 Å². The Balaban J connectivity index is 2.13. The Morgan fingerprint density at radius 3 is 2.72 bits per heavy atom. The lowest BCUT2D eigenvalue weighted by Crippen LogP contribution is -2.07. The molecule has 94 valence electrons. The maximum absolute atomic E-state index is 13.3. The number of halogens is 3. The molecule has 18 heavy (non-hydrogen) atoms. The monoisotopic (exact) mass is 314 g/mol. The number of nitrogen functional groups attached to an aromatic ring is 1. The summed E-state index contributed by atoms with van der Waals surface area (Å²) in [5.74, 6) is -0.473. The lowest BCUT2D eigenvalue weighted by Gasteiger charge is -2.07. The zero-order valence-corrected chi connectivity index (χ0v) is 10.7. The summed E-state index contributed by atoms with van der Waals surface area (Å²) in [6.07, 6.45) is 0. The van der Waals surface area contributed by atoms with Gasteiger partial charge in [0.25, 0.3) is 0 Å². The molecule has 1 aromatic carbocycles. The molecule has 0 fully saturated rings. The number of anilines is 2. The van der Waals surface area contributed by atoms with Gasteiger partial charge in [0.1, 0.15) is 22.1 Å². The van der Waals surface area contributed by atoms with E-state index in [9.17, 15) is 8.78 Å². The predicted octanol–water partition coefficient (Wildman–Crippen LogP) is 2.71. The molecule has 0 aliphatic heterocycles. The number of aromatic nitrogens is 2. The van der Waals surface area contributed by atoms with Gasteiger partial charge in [0.15, 0.2) is 0 Å². The zero-order valence-electron chi connectivity index (χ0n) is 9.12. The third-order valence-electron chi connectivity index (χ3n) is 2.16. The van der Waals surface area contributed by atoms with Gasteiger partial charge in [0.2, 0.25) is 5.95 Å². The second-order valence-corrected chi connectivity index (χ2v) is 4.34. The molecular weight excluding hydrogens is 306 g/mol. The summed E-state index contributed by atoms with van der Waals surface area (Å²) in [5, 5.41) is 2.77.